The van der Waals surface area contributed by atoms with Gasteiger partial charge in [0.2, 0.25) is 11.6 Å². The van der Waals surface area contributed by atoms with Crippen molar-refractivity contribution in [2.75, 3.05) is 25.2 Å². The first kappa shape index (κ1) is 25.0. The molecular formula is C29H33N6O+. The number of carbonyl (C=O) groups is 1. The molecule has 36 heavy (non-hydrogen) atoms. The molecule has 1 amide bonds. The third kappa shape index (κ3) is 4.45. The fourth-order valence-electron chi connectivity index (χ4n) is 5.33. The average molecular weight is 482 g/mol. The van der Waals surface area contributed by atoms with Gasteiger partial charge in [-0.2, -0.15) is 4.58 Å². The van der Waals surface area contributed by atoms with E-state index in [0.717, 1.165) is 11.4 Å². The summed E-state index contributed by atoms with van der Waals surface area (Å²) in [6.45, 7) is 8.93. The summed E-state index contributed by atoms with van der Waals surface area (Å²) in [6, 6.07) is 16.7. The number of hydrogen-bond acceptors (Lipinski definition) is 3. The smallest absolute Gasteiger partial charge is 0.240 e. The fourth-order valence-corrected chi connectivity index (χ4v) is 5.33. The van der Waals surface area contributed by atoms with Gasteiger partial charge in [0.1, 0.15) is 13.6 Å². The van der Waals surface area contributed by atoms with Crippen molar-refractivity contribution in [1.29, 1.82) is 0 Å². The standard InChI is InChI=1S/C29H32N6O/c1-28(2)21-13-9-11-15-23(21)34(5)25(28)17-7-6-8-18-26-29(3,4)22-14-10-12-16-24(22)35(26)19-27(36)31-20-32-33-30/h6-18H,19-20H2,1-5H3/p+1. The first-order valence-electron chi connectivity index (χ1n) is 12.1. The number of fused-ring (bicyclic) bond motifs is 2. The van der Waals surface area contributed by atoms with Gasteiger partial charge in [0, 0.05) is 39.4 Å². The summed E-state index contributed by atoms with van der Waals surface area (Å²) in [5.74, 6) is -0.202. The van der Waals surface area contributed by atoms with Crippen LogP contribution < -0.4 is 10.2 Å². The molecule has 7 heteroatoms. The van der Waals surface area contributed by atoms with Crippen LogP contribution in [0.15, 0.2) is 89.7 Å². The van der Waals surface area contributed by atoms with Crippen LogP contribution in [0.5, 0.6) is 0 Å². The number of anilines is 1. The van der Waals surface area contributed by atoms with Gasteiger partial charge in [-0.1, -0.05) is 73.6 Å². The number of azide groups is 1. The molecule has 0 fully saturated rings. The zero-order valence-corrected chi connectivity index (χ0v) is 21.6. The van der Waals surface area contributed by atoms with Gasteiger partial charge in [-0.25, -0.2) is 0 Å². The molecule has 0 saturated carbocycles. The number of nitrogens with zero attached hydrogens (tertiary/aromatic N) is 5. The van der Waals surface area contributed by atoms with E-state index in [0.29, 0.717) is 0 Å². The zero-order valence-electron chi connectivity index (χ0n) is 21.6. The molecule has 2 aromatic carbocycles. The number of carbonyl (C=O) groups excluding carboxylic acids is 1. The summed E-state index contributed by atoms with van der Waals surface area (Å²) < 4.78 is 2.26. The second-order valence-corrected chi connectivity index (χ2v) is 10.1. The van der Waals surface area contributed by atoms with Crippen LogP contribution in [0.3, 0.4) is 0 Å². The lowest BCUT2D eigenvalue weighted by molar-refractivity contribution is -0.401. The van der Waals surface area contributed by atoms with Crippen LogP contribution in [0.4, 0.5) is 11.4 Å². The zero-order chi connectivity index (χ0) is 25.9. The molecule has 0 saturated heterocycles. The second kappa shape index (κ2) is 9.88. The van der Waals surface area contributed by atoms with Crippen LogP contribution in [0.2, 0.25) is 0 Å². The van der Waals surface area contributed by atoms with Gasteiger partial charge >= 0.3 is 0 Å². The summed E-state index contributed by atoms with van der Waals surface area (Å²) in [6.07, 6.45) is 10.4. The van der Waals surface area contributed by atoms with Crippen molar-refractivity contribution in [3.05, 3.63) is 106 Å². The second-order valence-electron chi connectivity index (χ2n) is 10.1. The number of nitrogens with one attached hydrogen (secondary N) is 1. The minimum Gasteiger partial charge on any atom is -0.349 e. The monoisotopic (exact) mass is 481 g/mol. The van der Waals surface area contributed by atoms with Crippen LogP contribution in [0.25, 0.3) is 10.4 Å². The van der Waals surface area contributed by atoms with Gasteiger partial charge < -0.3 is 10.2 Å². The molecule has 0 spiro atoms. The SMILES string of the molecule is C[N+]1=C(/C=C/C=C/C=C2/N(CC(=O)NCN=[N+]=[N-])c3ccccc3C2(C)C)C(C)(C)c2ccccc21. The Bertz CT molecular complexity index is 1360. The predicted molar refractivity (Wildman–Crippen MR) is 146 cm³/mol. The maximum absolute atomic E-state index is 12.5. The predicted octanol–water partition coefficient (Wildman–Crippen LogP) is 5.87. The molecule has 184 valence electrons. The Hall–Kier alpha value is -4.09. The Morgan fingerprint density at radius 1 is 1.03 bits per heavy atom. The molecule has 0 unspecified atom stereocenters. The minimum absolute atomic E-state index is 0.0640. The van der Waals surface area contributed by atoms with Crippen LogP contribution in [0, 0.1) is 0 Å². The van der Waals surface area contributed by atoms with E-state index in [9.17, 15) is 4.79 Å². The highest BCUT2D eigenvalue weighted by atomic mass is 16.2. The highest BCUT2D eigenvalue weighted by molar-refractivity contribution is 6.03. The van der Waals surface area contributed by atoms with Gasteiger partial charge in [0.25, 0.3) is 0 Å². The van der Waals surface area contributed by atoms with Gasteiger partial charge in [-0.15, -0.1) is 0 Å². The summed E-state index contributed by atoms with van der Waals surface area (Å²) >= 11 is 0. The quantitative estimate of drug-likeness (QED) is 0.176. The van der Waals surface area contributed by atoms with Gasteiger partial charge in [0.05, 0.1) is 12.1 Å². The van der Waals surface area contributed by atoms with E-state index in [2.05, 4.69) is 103 Å². The Morgan fingerprint density at radius 3 is 2.44 bits per heavy atom. The molecule has 0 aromatic heterocycles. The highest BCUT2D eigenvalue weighted by Crippen LogP contribution is 2.47. The Kier molecular flexibility index (Phi) is 6.86. The summed E-state index contributed by atoms with van der Waals surface area (Å²) in [7, 11) is 2.11. The van der Waals surface area contributed by atoms with E-state index in [1.165, 1.54) is 22.5 Å². The number of amides is 1. The Morgan fingerprint density at radius 2 is 1.72 bits per heavy atom. The molecule has 0 aliphatic carbocycles. The fraction of sp³-hybridized carbons (Fsp3) is 0.310. The largest absolute Gasteiger partial charge is 0.349 e. The third-order valence-corrected chi connectivity index (χ3v) is 7.18. The number of para-hydroxylation sites is 2. The number of allylic oxidation sites excluding steroid dienone is 6. The molecular weight excluding hydrogens is 448 g/mol. The summed E-state index contributed by atoms with van der Waals surface area (Å²) in [4.78, 5) is 17.3. The lowest BCUT2D eigenvalue weighted by atomic mass is 9.81. The summed E-state index contributed by atoms with van der Waals surface area (Å²) in [5.41, 5.74) is 15.2. The molecule has 7 nitrogen and oxygen atoms in total. The number of hydrogen-bond donors (Lipinski definition) is 1. The van der Waals surface area contributed by atoms with Crippen molar-refractivity contribution in [2.45, 2.75) is 38.5 Å². The van der Waals surface area contributed by atoms with E-state index in [1.54, 1.807) is 0 Å². The Balaban J connectivity index is 1.58. The first-order chi connectivity index (χ1) is 17.2. The molecule has 2 aromatic rings. The molecule has 2 aliphatic rings. The molecule has 1 N–H and O–H groups in total. The van der Waals surface area contributed by atoms with E-state index >= 15 is 0 Å². The van der Waals surface area contributed by atoms with Crippen molar-refractivity contribution < 1.29 is 9.37 Å². The van der Waals surface area contributed by atoms with Crippen LogP contribution in [-0.2, 0) is 15.6 Å². The molecule has 2 aliphatic heterocycles. The van der Waals surface area contributed by atoms with Crippen molar-refractivity contribution in [2.24, 2.45) is 5.11 Å². The third-order valence-electron chi connectivity index (χ3n) is 7.18. The maximum atomic E-state index is 12.5. The lowest BCUT2D eigenvalue weighted by Crippen LogP contribution is -2.37. The van der Waals surface area contributed by atoms with Crippen molar-refractivity contribution in [1.82, 2.24) is 5.32 Å². The van der Waals surface area contributed by atoms with E-state index in [4.69, 9.17) is 5.53 Å². The topological polar surface area (TPSA) is 84.1 Å². The maximum Gasteiger partial charge on any atom is 0.240 e. The average Bonchev–Trinajstić information content (AvgIpc) is 3.18. The molecule has 2 heterocycles. The van der Waals surface area contributed by atoms with Crippen molar-refractivity contribution in [3.63, 3.8) is 0 Å². The van der Waals surface area contributed by atoms with Gasteiger partial charge in [-0.05, 0) is 37.1 Å². The van der Waals surface area contributed by atoms with Crippen LogP contribution >= 0.6 is 0 Å². The minimum atomic E-state index is -0.264. The number of rotatable bonds is 7. The Labute approximate surface area is 212 Å². The molecule has 0 bridgehead atoms. The molecule has 0 atom stereocenters. The van der Waals surface area contributed by atoms with E-state index in [-0.39, 0.29) is 30.0 Å². The number of benzene rings is 2. The normalized spacial score (nSPS) is 18.6. The van der Waals surface area contributed by atoms with E-state index < -0.39 is 0 Å². The van der Waals surface area contributed by atoms with Gasteiger partial charge in [0.15, 0.2) is 5.71 Å². The van der Waals surface area contributed by atoms with Crippen molar-refractivity contribution >= 4 is 23.0 Å². The summed E-state index contributed by atoms with van der Waals surface area (Å²) in [5, 5.41) is 6.05. The molecule has 0 radical (unpaired) electrons. The van der Waals surface area contributed by atoms with Crippen molar-refractivity contribution in [3.8, 4) is 0 Å². The van der Waals surface area contributed by atoms with Crippen LogP contribution in [-0.4, -0.2) is 36.5 Å². The first-order valence-corrected chi connectivity index (χ1v) is 12.1. The highest BCUT2D eigenvalue weighted by Gasteiger charge is 2.42. The van der Waals surface area contributed by atoms with Crippen LogP contribution in [0.1, 0.15) is 38.8 Å². The van der Waals surface area contributed by atoms with E-state index in [1.807, 2.05) is 35.3 Å². The molecule has 4 rings (SSSR count). The lowest BCUT2D eigenvalue weighted by Gasteiger charge is -2.26. The van der Waals surface area contributed by atoms with Gasteiger partial charge in [-0.3, -0.25) is 4.79 Å².